The molecule has 1 heterocycles. The summed E-state index contributed by atoms with van der Waals surface area (Å²) in [5.74, 6) is 0. The summed E-state index contributed by atoms with van der Waals surface area (Å²) >= 11 is 14.9. The molecule has 28 heavy (non-hydrogen) atoms. The highest BCUT2D eigenvalue weighted by Gasteiger charge is 2.43. The van der Waals surface area contributed by atoms with E-state index in [9.17, 15) is 21.6 Å². The second-order valence-electron chi connectivity index (χ2n) is 5.98. The predicted molar refractivity (Wildman–Crippen MR) is 106 cm³/mol. The number of hydrogen-bond donors (Lipinski definition) is 2. The zero-order valence-corrected chi connectivity index (χ0v) is 17.7. The number of sulfonamides is 1. The number of para-hydroxylation sites is 1. The Kier molecular flexibility index (Phi) is 6.03. The number of rotatable bonds is 5. The molecule has 1 unspecified atom stereocenters. The minimum absolute atomic E-state index is 0.292. The summed E-state index contributed by atoms with van der Waals surface area (Å²) in [6.45, 7) is 0. The summed E-state index contributed by atoms with van der Waals surface area (Å²) < 4.78 is 68.2. The van der Waals surface area contributed by atoms with E-state index in [1.807, 2.05) is 0 Å². The first-order valence-electron chi connectivity index (χ1n) is 7.77. The van der Waals surface area contributed by atoms with Gasteiger partial charge >= 0.3 is 6.18 Å². The Bertz CT molecular complexity index is 1110. The van der Waals surface area contributed by atoms with Gasteiger partial charge in [0.25, 0.3) is 0 Å². The summed E-state index contributed by atoms with van der Waals surface area (Å²) in [7, 11) is -4.64. The number of benzene rings is 2. The lowest BCUT2D eigenvalue weighted by molar-refractivity contribution is -0.150. The lowest BCUT2D eigenvalue weighted by atomic mass is 10.1. The summed E-state index contributed by atoms with van der Waals surface area (Å²) in [6, 6.07) is 6.91. The van der Waals surface area contributed by atoms with Gasteiger partial charge in [0.1, 0.15) is 10.9 Å². The summed E-state index contributed by atoms with van der Waals surface area (Å²) in [5.41, 5.74) is 0.980. The average molecular weight is 516 g/mol. The number of fused-ring (bicyclic) bond motifs is 1. The van der Waals surface area contributed by atoms with Gasteiger partial charge in [-0.3, -0.25) is 0 Å². The Morgan fingerprint density at radius 3 is 2.36 bits per heavy atom. The van der Waals surface area contributed by atoms with Gasteiger partial charge in [-0.05, 0) is 30.2 Å². The molecule has 0 aliphatic heterocycles. The Labute approximate surface area is 177 Å². The van der Waals surface area contributed by atoms with Crippen molar-refractivity contribution in [3.05, 3.63) is 62.7 Å². The maximum atomic E-state index is 13.6. The number of nitrogens with one attached hydrogen (secondary N) is 2. The van der Waals surface area contributed by atoms with Crippen LogP contribution in [-0.2, 0) is 16.4 Å². The third-order valence-electron chi connectivity index (χ3n) is 4.02. The number of aromatic amines is 1. The van der Waals surface area contributed by atoms with Crippen LogP contribution in [0.25, 0.3) is 10.9 Å². The van der Waals surface area contributed by atoms with E-state index in [2.05, 4.69) is 20.9 Å². The normalized spacial score (nSPS) is 13.8. The minimum atomic E-state index is -4.83. The van der Waals surface area contributed by atoms with E-state index in [0.29, 0.717) is 20.9 Å². The number of aromatic nitrogens is 1. The molecule has 0 fully saturated rings. The Morgan fingerprint density at radius 1 is 1.14 bits per heavy atom. The fourth-order valence-electron chi connectivity index (χ4n) is 2.78. The largest absolute Gasteiger partial charge is 0.405 e. The molecule has 1 atom stereocenters. The molecular formula is C17H12BrCl2F3N2O2S. The van der Waals surface area contributed by atoms with E-state index >= 15 is 0 Å². The zero-order valence-electron chi connectivity index (χ0n) is 13.8. The summed E-state index contributed by atoms with van der Waals surface area (Å²) in [5, 5.41) is -0.00422. The van der Waals surface area contributed by atoms with E-state index in [1.165, 1.54) is 18.3 Å². The van der Waals surface area contributed by atoms with Crippen LogP contribution in [-0.4, -0.2) is 25.6 Å². The fraction of sp³-hybridized carbons (Fsp3) is 0.176. The van der Waals surface area contributed by atoms with Crippen LogP contribution in [0.3, 0.4) is 0 Å². The van der Waals surface area contributed by atoms with E-state index in [1.54, 1.807) is 29.0 Å². The van der Waals surface area contributed by atoms with Crippen LogP contribution in [0, 0.1) is 0 Å². The molecular weight excluding hydrogens is 504 g/mol. The first kappa shape index (κ1) is 21.4. The molecule has 0 amide bonds. The van der Waals surface area contributed by atoms with Crippen molar-refractivity contribution >= 4 is 60.1 Å². The van der Waals surface area contributed by atoms with Crippen LogP contribution >= 0.6 is 39.1 Å². The molecule has 2 N–H and O–H groups in total. The van der Waals surface area contributed by atoms with Gasteiger partial charge in [0.05, 0.1) is 10.0 Å². The van der Waals surface area contributed by atoms with Gasteiger partial charge in [-0.1, -0.05) is 57.3 Å². The number of H-pyrrole nitrogens is 1. The fourth-order valence-corrected chi connectivity index (χ4v) is 5.94. The maximum absolute atomic E-state index is 13.6. The van der Waals surface area contributed by atoms with Crippen molar-refractivity contribution in [3.63, 3.8) is 0 Å². The SMILES string of the molecule is O=S(=O)(NC(Cc1c[nH]c2ccccc12)C(F)(F)F)c1c(Cl)cc(Br)cc1Cl. The number of halogens is 6. The number of alkyl halides is 3. The van der Waals surface area contributed by atoms with Crippen LogP contribution < -0.4 is 4.72 Å². The molecule has 1 aromatic heterocycles. The molecule has 0 radical (unpaired) electrons. The third-order valence-corrected chi connectivity index (χ3v) is 6.87. The molecule has 3 aromatic rings. The van der Waals surface area contributed by atoms with Gasteiger partial charge in [-0.2, -0.15) is 17.9 Å². The maximum Gasteiger partial charge on any atom is 0.405 e. The zero-order chi connectivity index (χ0) is 20.7. The quantitative estimate of drug-likeness (QED) is 0.458. The van der Waals surface area contributed by atoms with Crippen molar-refractivity contribution < 1.29 is 21.6 Å². The topological polar surface area (TPSA) is 62.0 Å². The molecule has 0 spiro atoms. The van der Waals surface area contributed by atoms with Crippen molar-refractivity contribution in [1.82, 2.24) is 9.71 Å². The first-order chi connectivity index (χ1) is 13.0. The van der Waals surface area contributed by atoms with E-state index in [0.717, 1.165) is 0 Å². The van der Waals surface area contributed by atoms with Crippen LogP contribution in [0.4, 0.5) is 13.2 Å². The average Bonchev–Trinajstić information content (AvgIpc) is 2.95. The van der Waals surface area contributed by atoms with Crippen molar-refractivity contribution in [2.45, 2.75) is 23.5 Å². The van der Waals surface area contributed by atoms with Gasteiger partial charge in [0.15, 0.2) is 0 Å². The van der Waals surface area contributed by atoms with E-state index < -0.39 is 33.6 Å². The van der Waals surface area contributed by atoms with Gasteiger partial charge in [0, 0.05) is 21.6 Å². The molecule has 0 saturated carbocycles. The van der Waals surface area contributed by atoms with Crippen LogP contribution in [0.15, 0.2) is 52.0 Å². The molecule has 0 bridgehead atoms. The molecule has 4 nitrogen and oxygen atoms in total. The second kappa shape index (κ2) is 7.87. The lowest BCUT2D eigenvalue weighted by Gasteiger charge is -2.22. The predicted octanol–water partition coefficient (Wildman–Crippen LogP) is 5.69. The summed E-state index contributed by atoms with van der Waals surface area (Å²) in [6.07, 6.45) is -4.00. The molecule has 0 aliphatic carbocycles. The van der Waals surface area contributed by atoms with Crippen molar-refractivity contribution in [1.29, 1.82) is 0 Å². The van der Waals surface area contributed by atoms with Gasteiger partial charge in [-0.15, -0.1) is 0 Å². The lowest BCUT2D eigenvalue weighted by Crippen LogP contribution is -2.46. The number of hydrogen-bond acceptors (Lipinski definition) is 2. The molecule has 3 rings (SSSR count). The molecule has 0 saturated heterocycles. The minimum Gasteiger partial charge on any atom is -0.361 e. The Hall–Kier alpha value is -1.26. The first-order valence-corrected chi connectivity index (χ1v) is 10.8. The molecule has 2 aromatic carbocycles. The van der Waals surface area contributed by atoms with E-state index in [4.69, 9.17) is 23.2 Å². The van der Waals surface area contributed by atoms with E-state index in [-0.39, 0.29) is 10.0 Å². The van der Waals surface area contributed by atoms with Gasteiger partial charge < -0.3 is 4.98 Å². The molecule has 150 valence electrons. The van der Waals surface area contributed by atoms with Crippen LogP contribution in [0.2, 0.25) is 10.0 Å². The summed E-state index contributed by atoms with van der Waals surface area (Å²) in [4.78, 5) is 2.27. The van der Waals surface area contributed by atoms with Crippen molar-refractivity contribution in [3.8, 4) is 0 Å². The monoisotopic (exact) mass is 514 g/mol. The molecule has 0 aliphatic rings. The highest BCUT2D eigenvalue weighted by atomic mass is 79.9. The molecule has 11 heteroatoms. The Morgan fingerprint density at radius 2 is 1.75 bits per heavy atom. The van der Waals surface area contributed by atoms with Gasteiger partial charge in [-0.25, -0.2) is 8.42 Å². The Balaban J connectivity index is 1.98. The standard InChI is InChI=1S/C17H12BrCl2F3N2O2S/c18-10-6-12(19)16(13(20)7-10)28(26,27)25-15(17(21,22)23)5-9-8-24-14-4-2-1-3-11(9)14/h1-4,6-8,15,24-25H,5H2. The van der Waals surface area contributed by atoms with Crippen LogP contribution in [0.1, 0.15) is 5.56 Å². The van der Waals surface area contributed by atoms with Gasteiger partial charge in [0.2, 0.25) is 10.0 Å². The highest BCUT2D eigenvalue weighted by Crippen LogP contribution is 2.34. The van der Waals surface area contributed by atoms with Crippen molar-refractivity contribution in [2.24, 2.45) is 0 Å². The van der Waals surface area contributed by atoms with Crippen molar-refractivity contribution in [2.75, 3.05) is 0 Å². The smallest absolute Gasteiger partial charge is 0.361 e. The third kappa shape index (κ3) is 4.49. The second-order valence-corrected chi connectivity index (χ2v) is 9.36. The highest BCUT2D eigenvalue weighted by molar-refractivity contribution is 9.10. The van der Waals surface area contributed by atoms with Crippen LogP contribution in [0.5, 0.6) is 0 Å².